The van der Waals surface area contributed by atoms with Crippen molar-refractivity contribution in [2.24, 2.45) is 0 Å². The number of benzene rings is 1. The van der Waals surface area contributed by atoms with Gasteiger partial charge in [-0.15, -0.1) is 11.6 Å². The van der Waals surface area contributed by atoms with Gasteiger partial charge >= 0.3 is 0 Å². The third-order valence-electron chi connectivity index (χ3n) is 2.89. The number of alkyl halides is 1. The van der Waals surface area contributed by atoms with Crippen LogP contribution in [0.3, 0.4) is 0 Å². The standard InChI is InChI=1S/C14H16ClNO/c15-8-2-1-3-9-16-10-4-5-12-6-7-13(17)11-14(12)16/h4-7,10-11H,1-3,8-9H2. The van der Waals surface area contributed by atoms with Gasteiger partial charge in [0.15, 0.2) is 5.43 Å². The van der Waals surface area contributed by atoms with Gasteiger partial charge in [0.25, 0.3) is 0 Å². The molecule has 0 unspecified atom stereocenters. The van der Waals surface area contributed by atoms with E-state index in [1.165, 1.54) is 0 Å². The van der Waals surface area contributed by atoms with Crippen molar-refractivity contribution >= 4 is 11.6 Å². The van der Waals surface area contributed by atoms with Crippen LogP contribution in [0.25, 0.3) is 11.3 Å². The molecule has 1 aliphatic carbocycles. The molecule has 2 nitrogen and oxygen atoms in total. The van der Waals surface area contributed by atoms with E-state index in [1.54, 1.807) is 12.1 Å². The zero-order valence-corrected chi connectivity index (χ0v) is 10.5. The van der Waals surface area contributed by atoms with E-state index in [0.29, 0.717) is 0 Å². The molecule has 0 fully saturated rings. The molecule has 0 aromatic heterocycles. The quantitative estimate of drug-likeness (QED) is 0.588. The molecule has 1 aliphatic heterocycles. The highest BCUT2D eigenvalue weighted by atomic mass is 35.5. The number of hydrogen-bond acceptors (Lipinski definition) is 1. The van der Waals surface area contributed by atoms with Crippen LogP contribution in [0, 0.1) is 0 Å². The van der Waals surface area contributed by atoms with E-state index in [2.05, 4.69) is 4.57 Å². The first-order valence-electron chi connectivity index (χ1n) is 5.96. The summed E-state index contributed by atoms with van der Waals surface area (Å²) in [6.07, 6.45) is 5.31. The molecule has 0 aromatic rings. The lowest BCUT2D eigenvalue weighted by Crippen LogP contribution is -2.07. The molecule has 2 aliphatic rings. The smallest absolute Gasteiger partial charge is 0.180 e. The maximum Gasteiger partial charge on any atom is 0.180 e. The molecule has 3 heteroatoms. The highest BCUT2D eigenvalue weighted by molar-refractivity contribution is 6.17. The summed E-state index contributed by atoms with van der Waals surface area (Å²) in [5.41, 5.74) is 2.20. The minimum Gasteiger partial charge on any atom is -0.347 e. The molecule has 0 amide bonds. The summed E-state index contributed by atoms with van der Waals surface area (Å²) in [5, 5.41) is 0. The van der Waals surface area contributed by atoms with Crippen LogP contribution in [0.2, 0.25) is 0 Å². The Morgan fingerprint density at radius 2 is 2.00 bits per heavy atom. The van der Waals surface area contributed by atoms with Crippen LogP contribution in [0.1, 0.15) is 19.3 Å². The van der Waals surface area contributed by atoms with Gasteiger partial charge in [-0.2, -0.15) is 0 Å². The number of aryl methyl sites for hydroxylation is 1. The first-order valence-corrected chi connectivity index (χ1v) is 6.50. The van der Waals surface area contributed by atoms with Crippen molar-refractivity contribution in [3.63, 3.8) is 0 Å². The minimum absolute atomic E-state index is 0.0678. The molecule has 0 saturated heterocycles. The Hall–Kier alpha value is -1.28. The topological polar surface area (TPSA) is 22.0 Å². The maximum absolute atomic E-state index is 11.4. The summed E-state index contributed by atoms with van der Waals surface area (Å²) >= 11 is 5.65. The van der Waals surface area contributed by atoms with E-state index in [9.17, 15) is 4.79 Å². The second-order valence-electron chi connectivity index (χ2n) is 4.17. The van der Waals surface area contributed by atoms with Gasteiger partial charge in [-0.25, -0.2) is 0 Å². The number of hydrogen-bond donors (Lipinski definition) is 0. The summed E-state index contributed by atoms with van der Waals surface area (Å²) in [7, 11) is 0. The van der Waals surface area contributed by atoms with Crippen LogP contribution in [-0.2, 0) is 6.54 Å². The van der Waals surface area contributed by atoms with Gasteiger partial charge in [0, 0.05) is 24.7 Å². The number of nitrogens with zero attached hydrogens (tertiary/aromatic N) is 1. The molecule has 0 atom stereocenters. The Labute approximate surface area is 106 Å². The molecule has 0 bridgehead atoms. The van der Waals surface area contributed by atoms with Crippen LogP contribution >= 0.6 is 11.6 Å². The fraction of sp³-hybridized carbons (Fsp3) is 0.357. The van der Waals surface area contributed by atoms with E-state index in [0.717, 1.165) is 42.9 Å². The molecule has 1 heterocycles. The lowest BCUT2D eigenvalue weighted by atomic mass is 10.1. The predicted molar refractivity (Wildman–Crippen MR) is 71.9 cm³/mol. The summed E-state index contributed by atoms with van der Waals surface area (Å²) in [4.78, 5) is 11.4. The van der Waals surface area contributed by atoms with Gasteiger partial charge in [-0.1, -0.05) is 12.5 Å². The largest absolute Gasteiger partial charge is 0.347 e. The molecule has 0 spiro atoms. The Kier molecular flexibility index (Phi) is 4.21. The van der Waals surface area contributed by atoms with E-state index in [4.69, 9.17) is 11.6 Å². The average molecular weight is 250 g/mol. The number of rotatable bonds is 5. The highest BCUT2D eigenvalue weighted by Gasteiger charge is 2.05. The Morgan fingerprint density at radius 3 is 2.82 bits per heavy atom. The van der Waals surface area contributed by atoms with E-state index < -0.39 is 0 Å². The lowest BCUT2D eigenvalue weighted by molar-refractivity contribution is 0.605. The SMILES string of the molecule is O=c1ccc2cccn(CCCCCCl)c-2c1. The van der Waals surface area contributed by atoms with Crippen molar-refractivity contribution in [1.29, 1.82) is 0 Å². The fourth-order valence-electron chi connectivity index (χ4n) is 1.99. The minimum atomic E-state index is 0.0678. The molecule has 0 saturated carbocycles. The average Bonchev–Trinajstić information content (AvgIpc) is 2.35. The molecule has 0 radical (unpaired) electrons. The van der Waals surface area contributed by atoms with Crippen LogP contribution < -0.4 is 5.43 Å². The number of fused-ring (bicyclic) bond motifs is 1. The van der Waals surface area contributed by atoms with Gasteiger partial charge in [0.1, 0.15) is 0 Å². The Bertz CT molecular complexity index is 506. The molecule has 17 heavy (non-hydrogen) atoms. The maximum atomic E-state index is 11.4. The zero-order valence-electron chi connectivity index (χ0n) is 9.73. The summed E-state index contributed by atoms with van der Waals surface area (Å²) in [5.74, 6) is 0.727. The second-order valence-corrected chi connectivity index (χ2v) is 4.55. The molecule has 2 rings (SSSR count). The number of unbranched alkanes of at least 4 members (excludes halogenated alkanes) is 2. The number of halogens is 1. The normalized spacial score (nSPS) is 10.9. The van der Waals surface area contributed by atoms with Crippen LogP contribution in [0.5, 0.6) is 0 Å². The lowest BCUT2D eigenvalue weighted by Gasteiger charge is -2.14. The second kappa shape index (κ2) is 5.87. The third kappa shape index (κ3) is 3.10. The number of aromatic nitrogens is 1. The first kappa shape index (κ1) is 12.2. The van der Waals surface area contributed by atoms with Crippen molar-refractivity contribution in [2.75, 3.05) is 5.88 Å². The van der Waals surface area contributed by atoms with Crippen molar-refractivity contribution in [1.82, 2.24) is 4.57 Å². The fourth-order valence-corrected chi connectivity index (χ4v) is 2.18. The first-order chi connectivity index (χ1) is 8.31. The van der Waals surface area contributed by atoms with Crippen LogP contribution in [0.15, 0.2) is 41.3 Å². The molecule has 0 N–H and O–H groups in total. The van der Waals surface area contributed by atoms with Crippen molar-refractivity contribution < 1.29 is 0 Å². The van der Waals surface area contributed by atoms with Gasteiger partial charge in [0.2, 0.25) is 0 Å². The predicted octanol–water partition coefficient (Wildman–Crippen LogP) is 3.36. The Morgan fingerprint density at radius 1 is 1.12 bits per heavy atom. The van der Waals surface area contributed by atoms with E-state index in [-0.39, 0.29) is 5.43 Å². The van der Waals surface area contributed by atoms with E-state index in [1.807, 2.05) is 24.4 Å². The summed E-state index contributed by atoms with van der Waals surface area (Å²) in [6.45, 7) is 0.942. The van der Waals surface area contributed by atoms with Gasteiger partial charge < -0.3 is 4.57 Å². The van der Waals surface area contributed by atoms with Crippen molar-refractivity contribution in [3.8, 4) is 11.3 Å². The zero-order chi connectivity index (χ0) is 12.1. The van der Waals surface area contributed by atoms with Crippen molar-refractivity contribution in [3.05, 3.63) is 46.8 Å². The summed E-state index contributed by atoms with van der Waals surface area (Å²) in [6, 6.07) is 9.25. The van der Waals surface area contributed by atoms with Crippen molar-refractivity contribution in [2.45, 2.75) is 25.8 Å². The molecular weight excluding hydrogens is 234 g/mol. The molecule has 90 valence electrons. The molecule has 0 aromatic carbocycles. The third-order valence-corrected chi connectivity index (χ3v) is 3.15. The summed E-state index contributed by atoms with van der Waals surface area (Å²) < 4.78 is 2.14. The molecular formula is C14H16ClNO. The van der Waals surface area contributed by atoms with Gasteiger partial charge in [0.05, 0.1) is 5.69 Å². The van der Waals surface area contributed by atoms with Gasteiger partial charge in [-0.3, -0.25) is 4.79 Å². The number of pyridine rings is 1. The van der Waals surface area contributed by atoms with Crippen LogP contribution in [0.4, 0.5) is 0 Å². The van der Waals surface area contributed by atoms with E-state index >= 15 is 0 Å². The van der Waals surface area contributed by atoms with Crippen LogP contribution in [-0.4, -0.2) is 10.4 Å². The highest BCUT2D eigenvalue weighted by Crippen LogP contribution is 2.19. The monoisotopic (exact) mass is 249 g/mol. The van der Waals surface area contributed by atoms with Gasteiger partial charge in [-0.05, 0) is 36.6 Å². The Balaban J connectivity index is 2.17.